The van der Waals surface area contributed by atoms with Crippen LogP contribution in [0.25, 0.3) is 0 Å². The molecule has 1 atom stereocenters. The Morgan fingerprint density at radius 3 is 2.53 bits per heavy atom. The Morgan fingerprint density at radius 2 is 1.84 bits per heavy atom. The van der Waals surface area contributed by atoms with Crippen molar-refractivity contribution in [1.82, 2.24) is 0 Å². The van der Waals surface area contributed by atoms with Crippen molar-refractivity contribution >= 4 is 5.69 Å². The molecule has 2 rings (SSSR count). The molecule has 0 heterocycles. The zero-order valence-electron chi connectivity index (χ0n) is 11.3. The van der Waals surface area contributed by atoms with Gasteiger partial charge in [0.25, 0.3) is 0 Å². The number of nitrogens with two attached hydrogens (primary N) is 1. The number of benzene rings is 2. The standard InChI is InChI=1S/C16H19NO2/c1-11-7-8-13(9-12(11)2)19-10-16(18)14-5-3-4-6-15(14)17/h3-9,16,18H,10,17H2,1-2H3. The van der Waals surface area contributed by atoms with E-state index in [0.29, 0.717) is 11.3 Å². The summed E-state index contributed by atoms with van der Waals surface area (Å²) in [5, 5.41) is 10.1. The van der Waals surface area contributed by atoms with Crippen molar-refractivity contribution in [2.45, 2.75) is 20.0 Å². The van der Waals surface area contributed by atoms with Crippen LogP contribution in [0.5, 0.6) is 5.75 Å². The van der Waals surface area contributed by atoms with E-state index < -0.39 is 6.10 Å². The second-order valence-electron chi connectivity index (χ2n) is 4.70. The van der Waals surface area contributed by atoms with Gasteiger partial charge in [0.1, 0.15) is 18.5 Å². The number of aliphatic hydroxyl groups excluding tert-OH is 1. The molecule has 19 heavy (non-hydrogen) atoms. The molecule has 0 saturated carbocycles. The maximum atomic E-state index is 10.1. The van der Waals surface area contributed by atoms with E-state index >= 15 is 0 Å². The van der Waals surface area contributed by atoms with Crippen LogP contribution in [0, 0.1) is 13.8 Å². The van der Waals surface area contributed by atoms with Crippen LogP contribution >= 0.6 is 0 Å². The molecular formula is C16H19NO2. The average Bonchev–Trinajstić information content (AvgIpc) is 2.40. The van der Waals surface area contributed by atoms with Crippen LogP contribution in [0.15, 0.2) is 42.5 Å². The van der Waals surface area contributed by atoms with E-state index in [1.54, 1.807) is 6.07 Å². The van der Waals surface area contributed by atoms with Crippen LogP contribution in [0.4, 0.5) is 5.69 Å². The summed E-state index contributed by atoms with van der Waals surface area (Å²) in [6, 6.07) is 13.2. The van der Waals surface area contributed by atoms with Crippen LogP contribution in [0.2, 0.25) is 0 Å². The number of ether oxygens (including phenoxy) is 1. The molecule has 0 bridgehead atoms. The van der Waals surface area contributed by atoms with Crippen molar-refractivity contribution in [3.63, 3.8) is 0 Å². The molecule has 0 aromatic heterocycles. The molecule has 0 fully saturated rings. The Bertz CT molecular complexity index is 566. The largest absolute Gasteiger partial charge is 0.491 e. The number of hydrogen-bond donors (Lipinski definition) is 2. The van der Waals surface area contributed by atoms with Crippen molar-refractivity contribution in [2.75, 3.05) is 12.3 Å². The summed E-state index contributed by atoms with van der Waals surface area (Å²) in [7, 11) is 0. The van der Waals surface area contributed by atoms with Gasteiger partial charge in [-0.1, -0.05) is 24.3 Å². The van der Waals surface area contributed by atoms with Gasteiger partial charge in [-0.3, -0.25) is 0 Å². The van der Waals surface area contributed by atoms with Gasteiger partial charge in [0, 0.05) is 11.3 Å². The Morgan fingerprint density at radius 1 is 1.11 bits per heavy atom. The number of anilines is 1. The number of aryl methyl sites for hydroxylation is 2. The van der Waals surface area contributed by atoms with E-state index in [4.69, 9.17) is 10.5 Å². The lowest BCUT2D eigenvalue weighted by molar-refractivity contribution is 0.109. The first-order valence-corrected chi connectivity index (χ1v) is 6.30. The average molecular weight is 257 g/mol. The van der Waals surface area contributed by atoms with Crippen molar-refractivity contribution in [3.05, 3.63) is 59.2 Å². The zero-order chi connectivity index (χ0) is 13.8. The fourth-order valence-electron chi connectivity index (χ4n) is 1.88. The maximum Gasteiger partial charge on any atom is 0.119 e. The van der Waals surface area contributed by atoms with Gasteiger partial charge < -0.3 is 15.6 Å². The van der Waals surface area contributed by atoms with Gasteiger partial charge in [0.15, 0.2) is 0 Å². The van der Waals surface area contributed by atoms with E-state index in [9.17, 15) is 5.11 Å². The Labute approximate surface area is 113 Å². The van der Waals surface area contributed by atoms with Gasteiger partial charge in [0.2, 0.25) is 0 Å². The monoisotopic (exact) mass is 257 g/mol. The lowest BCUT2D eigenvalue weighted by Gasteiger charge is -2.15. The van der Waals surface area contributed by atoms with E-state index in [0.717, 1.165) is 5.75 Å². The fraction of sp³-hybridized carbons (Fsp3) is 0.250. The second-order valence-corrected chi connectivity index (χ2v) is 4.70. The normalized spacial score (nSPS) is 12.2. The van der Waals surface area contributed by atoms with Crippen LogP contribution in [0.1, 0.15) is 22.8 Å². The van der Waals surface area contributed by atoms with Crippen LogP contribution in [-0.4, -0.2) is 11.7 Å². The van der Waals surface area contributed by atoms with Gasteiger partial charge >= 0.3 is 0 Å². The first-order valence-electron chi connectivity index (χ1n) is 6.30. The Balaban J connectivity index is 2.02. The molecule has 1 unspecified atom stereocenters. The lowest BCUT2D eigenvalue weighted by Crippen LogP contribution is -2.11. The molecular weight excluding hydrogens is 238 g/mol. The van der Waals surface area contributed by atoms with E-state index in [1.165, 1.54) is 11.1 Å². The molecule has 3 heteroatoms. The molecule has 3 N–H and O–H groups in total. The maximum absolute atomic E-state index is 10.1. The van der Waals surface area contributed by atoms with Gasteiger partial charge in [-0.15, -0.1) is 0 Å². The minimum absolute atomic E-state index is 0.191. The number of para-hydroxylation sites is 1. The third-order valence-electron chi connectivity index (χ3n) is 3.24. The van der Waals surface area contributed by atoms with E-state index in [-0.39, 0.29) is 6.61 Å². The van der Waals surface area contributed by atoms with Crippen LogP contribution in [-0.2, 0) is 0 Å². The first kappa shape index (κ1) is 13.4. The summed E-state index contributed by atoms with van der Waals surface area (Å²) in [5.74, 6) is 0.761. The van der Waals surface area contributed by atoms with E-state index in [2.05, 4.69) is 6.92 Å². The Hall–Kier alpha value is -2.00. The van der Waals surface area contributed by atoms with Crippen molar-refractivity contribution in [2.24, 2.45) is 0 Å². The SMILES string of the molecule is Cc1ccc(OCC(O)c2ccccc2N)cc1C. The highest BCUT2D eigenvalue weighted by Crippen LogP contribution is 2.22. The minimum Gasteiger partial charge on any atom is -0.491 e. The van der Waals surface area contributed by atoms with Crippen molar-refractivity contribution in [3.8, 4) is 5.75 Å². The quantitative estimate of drug-likeness (QED) is 0.828. The molecule has 0 aliphatic heterocycles. The molecule has 2 aromatic rings. The van der Waals surface area contributed by atoms with Gasteiger partial charge in [-0.25, -0.2) is 0 Å². The predicted octanol–water partition coefficient (Wildman–Crippen LogP) is 3.00. The first-order chi connectivity index (χ1) is 9.08. The molecule has 0 saturated heterocycles. The predicted molar refractivity (Wildman–Crippen MR) is 77.2 cm³/mol. The molecule has 0 spiro atoms. The molecule has 0 radical (unpaired) electrons. The third kappa shape index (κ3) is 3.26. The van der Waals surface area contributed by atoms with Crippen molar-refractivity contribution < 1.29 is 9.84 Å². The summed E-state index contributed by atoms with van der Waals surface area (Å²) >= 11 is 0. The molecule has 3 nitrogen and oxygen atoms in total. The van der Waals surface area contributed by atoms with Crippen molar-refractivity contribution in [1.29, 1.82) is 0 Å². The minimum atomic E-state index is -0.720. The highest BCUT2D eigenvalue weighted by molar-refractivity contribution is 5.47. The molecule has 100 valence electrons. The van der Waals surface area contributed by atoms with Gasteiger partial charge in [0.05, 0.1) is 0 Å². The topological polar surface area (TPSA) is 55.5 Å². The lowest BCUT2D eigenvalue weighted by atomic mass is 10.1. The number of nitrogen functional groups attached to an aromatic ring is 1. The number of hydrogen-bond acceptors (Lipinski definition) is 3. The summed E-state index contributed by atoms with van der Waals surface area (Å²) in [6.07, 6.45) is -0.720. The molecule has 0 amide bonds. The fourth-order valence-corrected chi connectivity index (χ4v) is 1.88. The molecule has 0 aliphatic rings. The summed E-state index contributed by atoms with van der Waals surface area (Å²) < 4.78 is 5.61. The summed E-state index contributed by atoms with van der Waals surface area (Å²) in [5.41, 5.74) is 9.50. The van der Waals surface area contributed by atoms with Crippen LogP contribution in [0.3, 0.4) is 0 Å². The van der Waals surface area contributed by atoms with Gasteiger partial charge in [-0.2, -0.15) is 0 Å². The van der Waals surface area contributed by atoms with Gasteiger partial charge in [-0.05, 0) is 43.2 Å². The Kier molecular flexibility index (Phi) is 4.07. The number of aliphatic hydroxyl groups is 1. The molecule has 0 aliphatic carbocycles. The summed E-state index contributed by atoms with van der Waals surface area (Å²) in [4.78, 5) is 0. The van der Waals surface area contributed by atoms with E-state index in [1.807, 2.05) is 43.3 Å². The number of rotatable bonds is 4. The highest BCUT2D eigenvalue weighted by Gasteiger charge is 2.11. The third-order valence-corrected chi connectivity index (χ3v) is 3.24. The highest BCUT2D eigenvalue weighted by atomic mass is 16.5. The molecule has 2 aromatic carbocycles. The summed E-state index contributed by atoms with van der Waals surface area (Å²) in [6.45, 7) is 4.28. The van der Waals surface area contributed by atoms with Crippen LogP contribution < -0.4 is 10.5 Å². The second kappa shape index (κ2) is 5.76. The smallest absolute Gasteiger partial charge is 0.119 e. The zero-order valence-corrected chi connectivity index (χ0v) is 11.3.